The lowest BCUT2D eigenvalue weighted by atomic mass is 10.3. The zero-order chi connectivity index (χ0) is 17.4. The van der Waals surface area contributed by atoms with E-state index < -0.39 is 18.8 Å². The van der Waals surface area contributed by atoms with Gasteiger partial charge >= 0.3 is 12.2 Å². The number of aromatic amines is 1. The molecule has 130 valence electrons. The summed E-state index contributed by atoms with van der Waals surface area (Å²) in [5.41, 5.74) is 0.336. The molecule has 0 saturated heterocycles. The molecule has 0 saturated carbocycles. The molecule has 10 heteroatoms. The number of nitrogens with zero attached hydrogens (tertiary/aromatic N) is 2. The van der Waals surface area contributed by atoms with Crippen molar-refractivity contribution in [3.8, 4) is 5.75 Å². The van der Waals surface area contributed by atoms with Crippen LogP contribution in [0.2, 0.25) is 0 Å². The predicted octanol–water partition coefficient (Wildman–Crippen LogP) is 2.50. The summed E-state index contributed by atoms with van der Waals surface area (Å²) < 4.78 is 41.0. The Bertz CT molecular complexity index is 646. The van der Waals surface area contributed by atoms with E-state index in [-0.39, 0.29) is 5.75 Å². The number of alkyl halides is 3. The molecule has 0 bridgehead atoms. The van der Waals surface area contributed by atoms with Gasteiger partial charge in [0.2, 0.25) is 0 Å². The van der Waals surface area contributed by atoms with E-state index in [1.54, 1.807) is 6.07 Å². The smallest absolute Gasteiger partial charge is 0.422 e. The molecule has 7 nitrogen and oxygen atoms in total. The Morgan fingerprint density at radius 3 is 2.88 bits per heavy atom. The average Bonchev–Trinajstić information content (AvgIpc) is 3.03. The zero-order valence-electron chi connectivity index (χ0n) is 12.6. The first-order valence-corrected chi connectivity index (χ1v) is 7.11. The quantitative estimate of drug-likeness (QED) is 0.674. The van der Waals surface area contributed by atoms with Crippen molar-refractivity contribution in [2.75, 3.05) is 18.5 Å². The number of ether oxygens (including phenoxy) is 1. The Balaban J connectivity index is 1.72. The summed E-state index contributed by atoms with van der Waals surface area (Å²) in [7, 11) is 0. The van der Waals surface area contributed by atoms with Crippen LogP contribution in [0.15, 0.2) is 30.6 Å². The number of aryl methyl sites for hydroxylation is 1. The molecule has 0 aliphatic heterocycles. The maximum Gasteiger partial charge on any atom is 0.422 e. The van der Waals surface area contributed by atoms with E-state index in [1.165, 1.54) is 24.5 Å². The van der Waals surface area contributed by atoms with Crippen molar-refractivity contribution >= 4 is 11.7 Å². The molecule has 0 radical (unpaired) electrons. The topological polar surface area (TPSA) is 91.9 Å². The van der Waals surface area contributed by atoms with Crippen LogP contribution in [0.1, 0.15) is 12.2 Å². The van der Waals surface area contributed by atoms with Crippen LogP contribution in [0, 0.1) is 0 Å². The molecule has 3 N–H and O–H groups in total. The fourth-order valence-electron chi connectivity index (χ4n) is 1.81. The van der Waals surface area contributed by atoms with Gasteiger partial charge in [0.15, 0.2) is 6.61 Å². The highest BCUT2D eigenvalue weighted by molar-refractivity contribution is 5.89. The molecular formula is C14H16F3N5O2. The minimum Gasteiger partial charge on any atom is -0.484 e. The van der Waals surface area contributed by atoms with Crippen LogP contribution < -0.4 is 15.4 Å². The number of H-pyrrole nitrogens is 1. The van der Waals surface area contributed by atoms with Gasteiger partial charge in [0.1, 0.15) is 17.9 Å². The molecule has 1 aromatic carbocycles. The third-order valence-corrected chi connectivity index (χ3v) is 2.84. The van der Waals surface area contributed by atoms with E-state index in [9.17, 15) is 18.0 Å². The maximum atomic E-state index is 12.1. The highest BCUT2D eigenvalue weighted by Crippen LogP contribution is 2.21. The summed E-state index contributed by atoms with van der Waals surface area (Å²) in [4.78, 5) is 15.7. The van der Waals surface area contributed by atoms with E-state index >= 15 is 0 Å². The lowest BCUT2D eigenvalue weighted by molar-refractivity contribution is -0.153. The number of aromatic nitrogens is 3. The zero-order valence-corrected chi connectivity index (χ0v) is 12.6. The maximum absolute atomic E-state index is 12.1. The van der Waals surface area contributed by atoms with Gasteiger partial charge in [0.05, 0.1) is 0 Å². The third-order valence-electron chi connectivity index (χ3n) is 2.84. The van der Waals surface area contributed by atoms with Crippen LogP contribution >= 0.6 is 0 Å². The number of anilines is 1. The predicted molar refractivity (Wildman–Crippen MR) is 79.7 cm³/mol. The van der Waals surface area contributed by atoms with Crippen LogP contribution in [0.25, 0.3) is 0 Å². The molecule has 2 amide bonds. The van der Waals surface area contributed by atoms with Gasteiger partial charge in [-0.2, -0.15) is 18.3 Å². The summed E-state index contributed by atoms with van der Waals surface area (Å²) in [5.74, 6) is 0.752. The number of hydrogen-bond acceptors (Lipinski definition) is 4. The number of nitrogens with one attached hydrogen (secondary N) is 3. The molecular weight excluding hydrogens is 327 g/mol. The summed E-state index contributed by atoms with van der Waals surface area (Å²) in [5, 5.41) is 11.6. The summed E-state index contributed by atoms with van der Waals surface area (Å²) in [6, 6.07) is 5.28. The van der Waals surface area contributed by atoms with Crippen LogP contribution in [0.3, 0.4) is 0 Å². The fourth-order valence-corrected chi connectivity index (χ4v) is 1.81. The molecule has 0 aliphatic carbocycles. The second-order valence-electron chi connectivity index (χ2n) is 4.85. The Morgan fingerprint density at radius 2 is 2.17 bits per heavy atom. The Morgan fingerprint density at radius 1 is 1.33 bits per heavy atom. The first-order valence-electron chi connectivity index (χ1n) is 7.11. The largest absolute Gasteiger partial charge is 0.484 e. The summed E-state index contributed by atoms with van der Waals surface area (Å²) in [6.07, 6.45) is -1.70. The molecule has 0 fully saturated rings. The van der Waals surface area contributed by atoms with E-state index in [0.717, 1.165) is 5.82 Å². The molecule has 2 aromatic rings. The number of amides is 2. The first kappa shape index (κ1) is 17.6. The van der Waals surface area contributed by atoms with Gasteiger partial charge in [-0.1, -0.05) is 6.07 Å². The van der Waals surface area contributed by atoms with Gasteiger partial charge in [0, 0.05) is 24.7 Å². The number of carbonyl (C=O) groups is 1. The Labute approximate surface area is 135 Å². The Hall–Kier alpha value is -2.78. The highest BCUT2D eigenvalue weighted by atomic mass is 19.4. The minimum atomic E-state index is -4.41. The number of benzene rings is 1. The van der Waals surface area contributed by atoms with Crippen LogP contribution in [0.5, 0.6) is 5.75 Å². The second-order valence-corrected chi connectivity index (χ2v) is 4.85. The lowest BCUT2D eigenvalue weighted by Gasteiger charge is -2.11. The molecule has 0 spiro atoms. The van der Waals surface area contributed by atoms with E-state index in [2.05, 4.69) is 30.6 Å². The summed E-state index contributed by atoms with van der Waals surface area (Å²) in [6.45, 7) is -0.971. The summed E-state index contributed by atoms with van der Waals surface area (Å²) >= 11 is 0. The van der Waals surface area contributed by atoms with Crippen molar-refractivity contribution < 1.29 is 22.7 Å². The molecule has 2 rings (SSSR count). The number of urea groups is 1. The molecule has 0 aliphatic rings. The third kappa shape index (κ3) is 6.55. The van der Waals surface area contributed by atoms with Crippen molar-refractivity contribution in [2.45, 2.75) is 19.0 Å². The van der Waals surface area contributed by atoms with Crippen molar-refractivity contribution in [3.63, 3.8) is 0 Å². The van der Waals surface area contributed by atoms with Gasteiger partial charge in [-0.15, -0.1) is 0 Å². The minimum absolute atomic E-state index is 0.0236. The lowest BCUT2D eigenvalue weighted by Crippen LogP contribution is -2.29. The van der Waals surface area contributed by atoms with Crippen molar-refractivity contribution in [3.05, 3.63) is 36.4 Å². The Kier molecular flexibility index (Phi) is 5.99. The van der Waals surface area contributed by atoms with Gasteiger partial charge in [0.25, 0.3) is 0 Å². The molecule has 0 unspecified atom stereocenters. The SMILES string of the molecule is O=C(NCCCc1ncn[nH]1)Nc1cccc(OCC(F)(F)F)c1. The van der Waals surface area contributed by atoms with Crippen molar-refractivity contribution in [1.29, 1.82) is 0 Å². The van der Waals surface area contributed by atoms with Crippen LogP contribution in [-0.2, 0) is 6.42 Å². The van der Waals surface area contributed by atoms with E-state index in [0.29, 0.717) is 25.1 Å². The fraction of sp³-hybridized carbons (Fsp3) is 0.357. The van der Waals surface area contributed by atoms with Gasteiger partial charge in [-0.05, 0) is 18.6 Å². The van der Waals surface area contributed by atoms with Gasteiger partial charge in [-0.3, -0.25) is 5.10 Å². The molecule has 24 heavy (non-hydrogen) atoms. The highest BCUT2D eigenvalue weighted by Gasteiger charge is 2.28. The molecule has 1 aromatic heterocycles. The van der Waals surface area contributed by atoms with Crippen LogP contribution in [-0.4, -0.2) is 40.5 Å². The second kappa shape index (κ2) is 8.18. The normalized spacial score (nSPS) is 11.1. The number of halogens is 3. The van der Waals surface area contributed by atoms with Gasteiger partial charge < -0.3 is 15.4 Å². The standard InChI is InChI=1S/C14H16F3N5O2/c15-14(16,17)8-24-11-4-1-3-10(7-11)21-13(23)18-6-2-5-12-19-9-20-22-12/h1,3-4,7,9H,2,5-6,8H2,(H2,18,21,23)(H,19,20,22). The van der Waals surface area contributed by atoms with Crippen molar-refractivity contribution in [1.82, 2.24) is 20.5 Å². The average molecular weight is 343 g/mol. The molecule has 1 heterocycles. The van der Waals surface area contributed by atoms with E-state index in [1.807, 2.05) is 0 Å². The number of rotatable bonds is 7. The number of hydrogen-bond donors (Lipinski definition) is 3. The van der Waals surface area contributed by atoms with Gasteiger partial charge in [-0.25, -0.2) is 9.78 Å². The van der Waals surface area contributed by atoms with Crippen molar-refractivity contribution in [2.24, 2.45) is 0 Å². The molecule has 0 atom stereocenters. The van der Waals surface area contributed by atoms with Crippen LogP contribution in [0.4, 0.5) is 23.7 Å². The number of carbonyl (C=O) groups excluding carboxylic acids is 1. The monoisotopic (exact) mass is 343 g/mol. The first-order chi connectivity index (χ1) is 11.4. The van der Waals surface area contributed by atoms with E-state index in [4.69, 9.17) is 0 Å².